The predicted octanol–water partition coefficient (Wildman–Crippen LogP) is 0.592. The lowest BCUT2D eigenvalue weighted by Crippen LogP contribution is -2.20. The number of ether oxygens (including phenoxy) is 1. The Morgan fingerprint density at radius 1 is 1.54 bits per heavy atom. The number of nitrogens with two attached hydrogens (primary N) is 1. The molecule has 0 fully saturated rings. The minimum Gasteiger partial charge on any atom is -0.482 e. The van der Waals surface area contributed by atoms with Crippen molar-refractivity contribution in [3.05, 3.63) is 24.3 Å². The summed E-state index contributed by atoms with van der Waals surface area (Å²) in [6.45, 7) is -0.0985. The molecule has 0 atom stereocenters. The standard InChI is InChI=1S/C9H12N2O2/c1-11-7-4-2-3-5-8(7)13-6-9(10)12/h2-5,11H,6H2,1H3,(H2,10,12). The average molecular weight is 180 g/mol. The summed E-state index contributed by atoms with van der Waals surface area (Å²) in [5, 5.41) is 2.94. The summed E-state index contributed by atoms with van der Waals surface area (Å²) < 4.78 is 5.15. The van der Waals surface area contributed by atoms with Crippen LogP contribution < -0.4 is 15.8 Å². The van der Waals surface area contributed by atoms with Gasteiger partial charge in [0.25, 0.3) is 5.91 Å². The summed E-state index contributed by atoms with van der Waals surface area (Å²) in [6, 6.07) is 7.34. The molecule has 4 nitrogen and oxygen atoms in total. The van der Waals surface area contributed by atoms with Gasteiger partial charge in [0.05, 0.1) is 5.69 Å². The molecule has 0 aromatic heterocycles. The first kappa shape index (κ1) is 9.38. The van der Waals surface area contributed by atoms with E-state index < -0.39 is 5.91 Å². The number of nitrogens with one attached hydrogen (secondary N) is 1. The van der Waals surface area contributed by atoms with E-state index in [4.69, 9.17) is 10.5 Å². The number of benzene rings is 1. The van der Waals surface area contributed by atoms with Crippen LogP contribution in [0.4, 0.5) is 5.69 Å². The highest BCUT2D eigenvalue weighted by Crippen LogP contribution is 2.22. The normalized spacial score (nSPS) is 9.31. The van der Waals surface area contributed by atoms with Crippen LogP contribution in [0, 0.1) is 0 Å². The number of carbonyl (C=O) groups excluding carboxylic acids is 1. The lowest BCUT2D eigenvalue weighted by molar-refractivity contribution is -0.119. The predicted molar refractivity (Wildman–Crippen MR) is 50.7 cm³/mol. The lowest BCUT2D eigenvalue weighted by Gasteiger charge is -2.08. The molecule has 0 aliphatic rings. The number of carbonyl (C=O) groups is 1. The summed E-state index contributed by atoms with van der Waals surface area (Å²) in [5.41, 5.74) is 5.78. The van der Waals surface area contributed by atoms with E-state index >= 15 is 0 Å². The van der Waals surface area contributed by atoms with Crippen LogP contribution in [0.5, 0.6) is 5.75 Å². The molecule has 4 heteroatoms. The van der Waals surface area contributed by atoms with Gasteiger partial charge in [-0.1, -0.05) is 12.1 Å². The molecule has 0 aliphatic carbocycles. The van der Waals surface area contributed by atoms with Crippen molar-refractivity contribution in [2.75, 3.05) is 19.0 Å². The third-order valence-electron chi connectivity index (χ3n) is 1.53. The zero-order chi connectivity index (χ0) is 9.68. The maximum absolute atomic E-state index is 10.4. The smallest absolute Gasteiger partial charge is 0.255 e. The molecular weight excluding hydrogens is 168 g/mol. The second-order valence-corrected chi connectivity index (χ2v) is 2.50. The highest BCUT2D eigenvalue weighted by molar-refractivity contribution is 5.75. The van der Waals surface area contributed by atoms with Crippen molar-refractivity contribution >= 4 is 11.6 Å². The van der Waals surface area contributed by atoms with Gasteiger partial charge in [0, 0.05) is 7.05 Å². The van der Waals surface area contributed by atoms with Gasteiger partial charge in [0.2, 0.25) is 0 Å². The van der Waals surface area contributed by atoms with Crippen LogP contribution in [-0.2, 0) is 4.79 Å². The zero-order valence-corrected chi connectivity index (χ0v) is 7.41. The van der Waals surface area contributed by atoms with E-state index in [2.05, 4.69) is 5.32 Å². The summed E-state index contributed by atoms with van der Waals surface area (Å²) in [6.07, 6.45) is 0. The first-order chi connectivity index (χ1) is 6.24. The third-order valence-corrected chi connectivity index (χ3v) is 1.53. The number of rotatable bonds is 4. The second kappa shape index (κ2) is 4.35. The highest BCUT2D eigenvalue weighted by atomic mass is 16.5. The van der Waals surface area contributed by atoms with Gasteiger partial charge in [-0.15, -0.1) is 0 Å². The van der Waals surface area contributed by atoms with E-state index in [0.717, 1.165) is 5.69 Å². The van der Waals surface area contributed by atoms with E-state index in [0.29, 0.717) is 5.75 Å². The molecule has 3 N–H and O–H groups in total. The third kappa shape index (κ3) is 2.66. The van der Waals surface area contributed by atoms with Crippen molar-refractivity contribution in [3.8, 4) is 5.75 Å². The van der Waals surface area contributed by atoms with E-state index in [-0.39, 0.29) is 6.61 Å². The van der Waals surface area contributed by atoms with Crippen LogP contribution >= 0.6 is 0 Å². The quantitative estimate of drug-likeness (QED) is 0.712. The van der Waals surface area contributed by atoms with Gasteiger partial charge in [0.15, 0.2) is 6.61 Å². The summed E-state index contributed by atoms with van der Waals surface area (Å²) >= 11 is 0. The first-order valence-corrected chi connectivity index (χ1v) is 3.92. The average Bonchev–Trinajstić information content (AvgIpc) is 2.15. The Balaban J connectivity index is 2.69. The number of hydrogen-bond donors (Lipinski definition) is 2. The van der Waals surface area contributed by atoms with Crippen molar-refractivity contribution in [1.29, 1.82) is 0 Å². The molecule has 1 rings (SSSR count). The Bertz CT molecular complexity index is 299. The van der Waals surface area contributed by atoms with E-state index in [9.17, 15) is 4.79 Å². The maximum atomic E-state index is 10.4. The first-order valence-electron chi connectivity index (χ1n) is 3.92. The van der Waals surface area contributed by atoms with Crippen molar-refractivity contribution in [1.82, 2.24) is 0 Å². The Kier molecular flexibility index (Phi) is 3.14. The van der Waals surface area contributed by atoms with Crippen molar-refractivity contribution in [2.45, 2.75) is 0 Å². The van der Waals surface area contributed by atoms with Crippen LogP contribution in [0.3, 0.4) is 0 Å². The number of amides is 1. The Morgan fingerprint density at radius 2 is 2.23 bits per heavy atom. The van der Waals surface area contributed by atoms with Gasteiger partial charge in [-0.3, -0.25) is 4.79 Å². The fraction of sp³-hybridized carbons (Fsp3) is 0.222. The highest BCUT2D eigenvalue weighted by Gasteiger charge is 2.01. The molecule has 0 spiro atoms. The molecule has 13 heavy (non-hydrogen) atoms. The molecule has 0 saturated heterocycles. The molecule has 0 radical (unpaired) electrons. The molecule has 1 amide bonds. The van der Waals surface area contributed by atoms with Crippen LogP contribution in [0.15, 0.2) is 24.3 Å². The fourth-order valence-corrected chi connectivity index (χ4v) is 0.948. The lowest BCUT2D eigenvalue weighted by atomic mass is 10.3. The Morgan fingerprint density at radius 3 is 2.85 bits per heavy atom. The van der Waals surface area contributed by atoms with Gasteiger partial charge in [0.1, 0.15) is 5.75 Å². The number of para-hydroxylation sites is 2. The monoisotopic (exact) mass is 180 g/mol. The van der Waals surface area contributed by atoms with Gasteiger partial charge >= 0.3 is 0 Å². The van der Waals surface area contributed by atoms with E-state index in [1.807, 2.05) is 18.2 Å². The summed E-state index contributed by atoms with van der Waals surface area (Å²) in [5.74, 6) is 0.148. The van der Waals surface area contributed by atoms with Crippen molar-refractivity contribution in [3.63, 3.8) is 0 Å². The maximum Gasteiger partial charge on any atom is 0.255 e. The molecule has 70 valence electrons. The largest absolute Gasteiger partial charge is 0.482 e. The minimum absolute atomic E-state index is 0.0985. The molecule has 0 aliphatic heterocycles. The van der Waals surface area contributed by atoms with Crippen molar-refractivity contribution in [2.24, 2.45) is 5.73 Å². The van der Waals surface area contributed by atoms with E-state index in [1.165, 1.54) is 0 Å². The van der Waals surface area contributed by atoms with Gasteiger partial charge < -0.3 is 15.8 Å². The molecule has 1 aromatic carbocycles. The topological polar surface area (TPSA) is 64.3 Å². The number of anilines is 1. The van der Waals surface area contributed by atoms with Crippen LogP contribution in [0.25, 0.3) is 0 Å². The molecule has 0 heterocycles. The molecule has 0 bridgehead atoms. The van der Waals surface area contributed by atoms with Gasteiger partial charge in [-0.2, -0.15) is 0 Å². The summed E-state index contributed by atoms with van der Waals surface area (Å²) in [7, 11) is 1.78. The molecule has 1 aromatic rings. The number of primary amides is 1. The minimum atomic E-state index is -0.481. The summed E-state index contributed by atoms with van der Waals surface area (Å²) in [4.78, 5) is 10.4. The zero-order valence-electron chi connectivity index (χ0n) is 7.41. The van der Waals surface area contributed by atoms with Crippen LogP contribution in [0.1, 0.15) is 0 Å². The van der Waals surface area contributed by atoms with Crippen molar-refractivity contribution < 1.29 is 9.53 Å². The van der Waals surface area contributed by atoms with E-state index in [1.54, 1.807) is 13.1 Å². The van der Waals surface area contributed by atoms with Gasteiger partial charge in [-0.25, -0.2) is 0 Å². The van der Waals surface area contributed by atoms with Crippen LogP contribution in [-0.4, -0.2) is 19.6 Å². The molecule has 0 saturated carbocycles. The SMILES string of the molecule is CNc1ccccc1OCC(N)=O. The van der Waals surface area contributed by atoms with Gasteiger partial charge in [-0.05, 0) is 12.1 Å². The second-order valence-electron chi connectivity index (χ2n) is 2.50. The molecular formula is C9H12N2O2. The fourth-order valence-electron chi connectivity index (χ4n) is 0.948. The molecule has 0 unspecified atom stereocenters. The Hall–Kier alpha value is -1.71. The van der Waals surface area contributed by atoms with Crippen LogP contribution in [0.2, 0.25) is 0 Å². The number of hydrogen-bond acceptors (Lipinski definition) is 3. The Labute approximate surface area is 76.7 Å².